The number of hydrogen-bond donors (Lipinski definition) is 2. The normalized spacial score (nSPS) is 18.4. The van der Waals surface area contributed by atoms with E-state index in [-0.39, 0.29) is 30.4 Å². The highest BCUT2D eigenvalue weighted by atomic mass is 16.3. The van der Waals surface area contributed by atoms with Gasteiger partial charge in [-0.05, 0) is 54.0 Å². The third-order valence-corrected chi connectivity index (χ3v) is 8.04. The van der Waals surface area contributed by atoms with Crippen molar-refractivity contribution in [2.75, 3.05) is 6.61 Å². The Kier molecular flexibility index (Phi) is 8.54. The van der Waals surface area contributed by atoms with Crippen LogP contribution in [-0.4, -0.2) is 27.2 Å². The summed E-state index contributed by atoms with van der Waals surface area (Å²) in [6, 6.07) is 26.6. The fourth-order valence-electron chi connectivity index (χ4n) is 5.92. The lowest BCUT2D eigenvalue weighted by atomic mass is 9.74. The Morgan fingerprint density at radius 2 is 1.74 bits per heavy atom. The van der Waals surface area contributed by atoms with Crippen molar-refractivity contribution in [3.05, 3.63) is 101 Å². The molecule has 1 aromatic heterocycles. The van der Waals surface area contributed by atoms with Crippen LogP contribution in [0.3, 0.4) is 0 Å². The smallest absolute Gasteiger partial charge is 0.224 e. The summed E-state index contributed by atoms with van der Waals surface area (Å²) in [5.41, 5.74) is 5.66. The van der Waals surface area contributed by atoms with Gasteiger partial charge < -0.3 is 15.0 Å². The Balaban J connectivity index is 1.32. The van der Waals surface area contributed by atoms with Crippen LogP contribution < -0.4 is 5.32 Å². The lowest BCUT2D eigenvalue weighted by Crippen LogP contribution is -2.39. The molecule has 1 aliphatic carbocycles. The molecule has 5 nitrogen and oxygen atoms in total. The first kappa shape index (κ1) is 26.2. The minimum absolute atomic E-state index is 0.0483. The predicted octanol–water partition coefficient (Wildman–Crippen LogP) is 6.55. The first-order valence-corrected chi connectivity index (χ1v) is 14.2. The number of aryl methyl sites for hydroxylation is 1. The number of fused-ring (bicyclic) bond motifs is 1. The van der Waals surface area contributed by atoms with Crippen molar-refractivity contribution < 1.29 is 9.90 Å². The van der Waals surface area contributed by atoms with E-state index in [9.17, 15) is 9.90 Å². The molecular formula is C33H39N3O2. The number of hydrogen-bond acceptors (Lipinski definition) is 3. The number of rotatable bonds is 10. The number of aliphatic hydroxyl groups is 1. The number of nitrogens with zero attached hydrogens (tertiary/aromatic N) is 2. The highest BCUT2D eigenvalue weighted by Crippen LogP contribution is 2.38. The Bertz CT molecular complexity index is 1330. The van der Waals surface area contributed by atoms with Gasteiger partial charge in [0.2, 0.25) is 5.91 Å². The molecule has 1 fully saturated rings. The van der Waals surface area contributed by atoms with Crippen molar-refractivity contribution in [1.29, 1.82) is 0 Å². The summed E-state index contributed by atoms with van der Waals surface area (Å²) in [6.45, 7) is 2.91. The number of nitrogens with one attached hydrogen (secondary N) is 1. The van der Waals surface area contributed by atoms with E-state index in [1.807, 2.05) is 30.3 Å². The van der Waals surface area contributed by atoms with Gasteiger partial charge in [0, 0.05) is 18.9 Å². The zero-order valence-corrected chi connectivity index (χ0v) is 22.4. The SMILES string of the molecule is CCCCc1nc2ccccc2n1Cc1ccc(C2CCCCC2C(=O)NC(CO)c2ccccc2)cc1. The van der Waals surface area contributed by atoms with Crippen LogP contribution in [0.4, 0.5) is 0 Å². The highest BCUT2D eigenvalue weighted by molar-refractivity contribution is 5.80. The van der Waals surface area contributed by atoms with Crippen LogP contribution in [0.1, 0.15) is 79.9 Å². The van der Waals surface area contributed by atoms with Gasteiger partial charge in [-0.3, -0.25) is 4.79 Å². The third kappa shape index (κ3) is 5.83. The van der Waals surface area contributed by atoms with Crippen LogP contribution in [0.5, 0.6) is 0 Å². The Hall–Kier alpha value is -3.44. The van der Waals surface area contributed by atoms with Crippen LogP contribution in [0, 0.1) is 5.92 Å². The van der Waals surface area contributed by atoms with Crippen LogP contribution >= 0.6 is 0 Å². The van der Waals surface area contributed by atoms with E-state index >= 15 is 0 Å². The molecule has 198 valence electrons. The third-order valence-electron chi connectivity index (χ3n) is 8.04. The number of carbonyl (C=O) groups is 1. The molecule has 1 heterocycles. The van der Waals surface area contributed by atoms with Gasteiger partial charge in [-0.2, -0.15) is 0 Å². The van der Waals surface area contributed by atoms with Crippen molar-refractivity contribution in [2.45, 2.75) is 70.4 Å². The summed E-state index contributed by atoms with van der Waals surface area (Å²) in [7, 11) is 0. The number of carbonyl (C=O) groups excluding carboxylic acids is 1. The molecule has 2 N–H and O–H groups in total. The van der Waals surface area contributed by atoms with E-state index in [4.69, 9.17) is 4.98 Å². The monoisotopic (exact) mass is 509 g/mol. The fraction of sp³-hybridized carbons (Fsp3) is 0.394. The molecule has 1 aliphatic rings. The predicted molar refractivity (Wildman–Crippen MR) is 153 cm³/mol. The van der Waals surface area contributed by atoms with E-state index in [2.05, 4.69) is 65.3 Å². The number of aromatic nitrogens is 2. The topological polar surface area (TPSA) is 67.2 Å². The number of imidazole rings is 1. The van der Waals surface area contributed by atoms with Crippen molar-refractivity contribution in [2.24, 2.45) is 5.92 Å². The minimum atomic E-state index is -0.374. The average molecular weight is 510 g/mol. The fourth-order valence-corrected chi connectivity index (χ4v) is 5.92. The highest BCUT2D eigenvalue weighted by Gasteiger charge is 2.33. The first-order valence-electron chi connectivity index (χ1n) is 14.2. The molecule has 5 rings (SSSR count). The summed E-state index contributed by atoms with van der Waals surface area (Å²) < 4.78 is 2.36. The summed E-state index contributed by atoms with van der Waals surface area (Å²) in [5, 5.41) is 13.1. The number of aliphatic hydroxyl groups excluding tert-OH is 1. The second kappa shape index (κ2) is 12.4. The summed E-state index contributed by atoms with van der Waals surface area (Å²) in [6.07, 6.45) is 7.37. The molecule has 3 unspecified atom stereocenters. The van der Waals surface area contributed by atoms with Gasteiger partial charge in [0.25, 0.3) is 0 Å². The van der Waals surface area contributed by atoms with E-state index in [0.717, 1.165) is 68.4 Å². The van der Waals surface area contributed by atoms with Crippen molar-refractivity contribution >= 4 is 16.9 Å². The molecule has 3 aromatic carbocycles. The van der Waals surface area contributed by atoms with Gasteiger partial charge >= 0.3 is 0 Å². The molecular weight excluding hydrogens is 470 g/mol. The lowest BCUT2D eigenvalue weighted by Gasteiger charge is -2.32. The molecule has 0 spiro atoms. The van der Waals surface area contributed by atoms with E-state index in [1.54, 1.807) is 0 Å². The van der Waals surface area contributed by atoms with Crippen molar-refractivity contribution in [3.63, 3.8) is 0 Å². The van der Waals surface area contributed by atoms with Gasteiger partial charge in [0.1, 0.15) is 5.82 Å². The number of unbranched alkanes of at least 4 members (excludes halogenated alkanes) is 1. The van der Waals surface area contributed by atoms with Crippen LogP contribution in [-0.2, 0) is 17.8 Å². The molecule has 38 heavy (non-hydrogen) atoms. The maximum Gasteiger partial charge on any atom is 0.224 e. The lowest BCUT2D eigenvalue weighted by molar-refractivity contribution is -0.127. The summed E-state index contributed by atoms with van der Waals surface area (Å²) in [4.78, 5) is 18.3. The molecule has 0 saturated heterocycles. The minimum Gasteiger partial charge on any atom is -0.394 e. The van der Waals surface area contributed by atoms with E-state index in [0.29, 0.717) is 0 Å². The zero-order chi connectivity index (χ0) is 26.3. The molecule has 1 amide bonds. The molecule has 4 aromatic rings. The van der Waals surface area contributed by atoms with Gasteiger partial charge in [0.05, 0.1) is 23.7 Å². The number of benzene rings is 3. The van der Waals surface area contributed by atoms with E-state index < -0.39 is 0 Å². The second-order valence-corrected chi connectivity index (χ2v) is 10.6. The Labute approximate surface area is 225 Å². The largest absolute Gasteiger partial charge is 0.394 e. The van der Waals surface area contributed by atoms with Gasteiger partial charge in [-0.15, -0.1) is 0 Å². The maximum absolute atomic E-state index is 13.4. The molecule has 0 aliphatic heterocycles. The van der Waals surface area contributed by atoms with Gasteiger partial charge in [0.15, 0.2) is 0 Å². The molecule has 1 saturated carbocycles. The Morgan fingerprint density at radius 1 is 1.00 bits per heavy atom. The number of para-hydroxylation sites is 2. The standard InChI is InChI=1S/C33H39N3O2/c1-2-3-17-32-34-29-15-9-10-16-31(29)36(32)22-24-18-20-25(21-19-24)27-13-7-8-14-28(27)33(38)35-30(23-37)26-11-5-4-6-12-26/h4-6,9-12,15-16,18-21,27-28,30,37H,2-3,7-8,13-14,17,22-23H2,1H3,(H,35,38). The zero-order valence-electron chi connectivity index (χ0n) is 22.4. The van der Waals surface area contributed by atoms with Gasteiger partial charge in [-0.25, -0.2) is 4.98 Å². The van der Waals surface area contributed by atoms with Gasteiger partial charge in [-0.1, -0.05) is 92.9 Å². The average Bonchev–Trinajstić information content (AvgIpc) is 3.32. The molecule has 3 atom stereocenters. The maximum atomic E-state index is 13.4. The quantitative estimate of drug-likeness (QED) is 0.255. The van der Waals surface area contributed by atoms with Crippen molar-refractivity contribution in [1.82, 2.24) is 14.9 Å². The first-order chi connectivity index (χ1) is 18.7. The van der Waals surface area contributed by atoms with E-state index in [1.165, 1.54) is 16.6 Å². The van der Waals surface area contributed by atoms with Crippen LogP contribution in [0.25, 0.3) is 11.0 Å². The Morgan fingerprint density at radius 3 is 2.50 bits per heavy atom. The molecule has 0 bridgehead atoms. The number of amides is 1. The second-order valence-electron chi connectivity index (χ2n) is 10.6. The molecule has 0 radical (unpaired) electrons. The van der Waals surface area contributed by atoms with Crippen LogP contribution in [0.2, 0.25) is 0 Å². The summed E-state index contributed by atoms with van der Waals surface area (Å²) >= 11 is 0. The van der Waals surface area contributed by atoms with Crippen molar-refractivity contribution in [3.8, 4) is 0 Å². The molecule has 5 heteroatoms. The van der Waals surface area contributed by atoms with Crippen LogP contribution in [0.15, 0.2) is 78.9 Å². The summed E-state index contributed by atoms with van der Waals surface area (Å²) in [5.74, 6) is 1.32.